The predicted octanol–water partition coefficient (Wildman–Crippen LogP) is 8.73. The number of ether oxygens (including phenoxy) is 6. The summed E-state index contributed by atoms with van der Waals surface area (Å²) in [5, 5.41) is 13.3. The van der Waals surface area contributed by atoms with Gasteiger partial charge in [-0.1, -0.05) is 44.6 Å². The van der Waals surface area contributed by atoms with Crippen molar-refractivity contribution in [3.05, 3.63) is 66.4 Å². The quantitative estimate of drug-likeness (QED) is 0.138. The van der Waals surface area contributed by atoms with Crippen LogP contribution in [0.25, 0.3) is 10.9 Å². The van der Waals surface area contributed by atoms with E-state index in [4.69, 9.17) is 28.4 Å². The van der Waals surface area contributed by atoms with Crippen LogP contribution in [0.1, 0.15) is 119 Å². The number of carbonyl (C=O) groups is 4. The first-order chi connectivity index (χ1) is 32.0. The number of methoxy groups -OCH3 is 3. The zero-order valence-electron chi connectivity index (χ0n) is 41.6. The van der Waals surface area contributed by atoms with Crippen LogP contribution >= 0.6 is 0 Å². The van der Waals surface area contributed by atoms with E-state index < -0.39 is 59.8 Å². The molecule has 13 unspecified atom stereocenters. The fourth-order valence-electron chi connectivity index (χ4n) is 11.2. The summed E-state index contributed by atoms with van der Waals surface area (Å²) in [4.78, 5) is 58.7. The molecule has 2 aromatic rings. The number of piperidine rings is 1. The van der Waals surface area contributed by atoms with Crippen molar-refractivity contribution < 1.29 is 52.7 Å². The van der Waals surface area contributed by atoms with E-state index in [1.165, 1.54) is 10.4 Å². The Morgan fingerprint density at radius 2 is 1.66 bits per heavy atom. The maximum Gasteiger partial charge on any atom is 0.329 e. The second kappa shape index (κ2) is 23.4. The summed E-state index contributed by atoms with van der Waals surface area (Å²) >= 11 is 0. The van der Waals surface area contributed by atoms with Crippen LogP contribution in [0, 0.1) is 29.6 Å². The fraction of sp³-hybridized carbons (Fsp3) is 0.667. The zero-order valence-corrected chi connectivity index (χ0v) is 41.6. The van der Waals surface area contributed by atoms with E-state index in [-0.39, 0.29) is 61.0 Å². The van der Waals surface area contributed by atoms with Gasteiger partial charge in [0.05, 0.1) is 18.3 Å². The van der Waals surface area contributed by atoms with Crippen LogP contribution < -0.4 is 4.74 Å². The maximum absolute atomic E-state index is 14.6. The number of rotatable bonds is 10. The normalized spacial score (nSPS) is 35.5. The van der Waals surface area contributed by atoms with Crippen molar-refractivity contribution in [2.45, 2.75) is 174 Å². The highest BCUT2D eigenvalue weighted by molar-refractivity contribution is 6.39. The number of hydrogen-bond acceptors (Lipinski definition) is 11. The van der Waals surface area contributed by atoms with Crippen LogP contribution in [-0.4, -0.2) is 114 Å². The van der Waals surface area contributed by atoms with E-state index >= 15 is 0 Å². The number of allylic oxidation sites excluding steroid dienone is 4. The number of Topliss-reactive ketones (excluding diaryl/α,β-unsaturated/α-hetero) is 2. The molecule has 3 fully saturated rings. The van der Waals surface area contributed by atoms with Crippen LogP contribution in [0.15, 0.2) is 66.4 Å². The Kier molecular flexibility index (Phi) is 18.3. The predicted molar refractivity (Wildman–Crippen MR) is 257 cm³/mol. The van der Waals surface area contributed by atoms with Gasteiger partial charge >= 0.3 is 5.97 Å². The van der Waals surface area contributed by atoms with E-state index in [1.807, 2.05) is 32.9 Å². The average molecular weight is 931 g/mol. The Morgan fingerprint density at radius 3 is 2.36 bits per heavy atom. The van der Waals surface area contributed by atoms with Crippen molar-refractivity contribution in [3.63, 3.8) is 0 Å². The van der Waals surface area contributed by atoms with Gasteiger partial charge in [0.2, 0.25) is 5.79 Å². The van der Waals surface area contributed by atoms with E-state index in [0.29, 0.717) is 51.4 Å². The molecule has 1 amide bonds. The molecule has 6 rings (SSSR count). The third-order valence-corrected chi connectivity index (χ3v) is 15.1. The average Bonchev–Trinajstić information content (AvgIpc) is 3.74. The molecule has 4 heterocycles. The molecule has 1 aliphatic carbocycles. The van der Waals surface area contributed by atoms with Gasteiger partial charge in [-0.15, -0.1) is 6.58 Å². The van der Waals surface area contributed by atoms with Crippen LogP contribution in [0.5, 0.6) is 5.75 Å². The summed E-state index contributed by atoms with van der Waals surface area (Å²) < 4.78 is 39.5. The number of fused-ring (bicyclic) bond motifs is 4. The van der Waals surface area contributed by atoms with Gasteiger partial charge in [0.25, 0.3) is 11.7 Å². The van der Waals surface area contributed by atoms with Crippen molar-refractivity contribution in [3.8, 4) is 5.75 Å². The number of nitrogens with zero attached hydrogens (tertiary/aromatic N) is 2. The molecule has 2 saturated heterocycles. The van der Waals surface area contributed by atoms with E-state index in [0.717, 1.165) is 41.7 Å². The largest absolute Gasteiger partial charge is 0.488 e. The van der Waals surface area contributed by atoms with Gasteiger partial charge in [-0.3, -0.25) is 14.4 Å². The van der Waals surface area contributed by atoms with Crippen LogP contribution in [0.3, 0.4) is 0 Å². The number of hydrogen-bond donors (Lipinski definition) is 1. The fourth-order valence-corrected chi connectivity index (χ4v) is 11.2. The molecular weight excluding hydrogens is 853 g/mol. The van der Waals surface area contributed by atoms with Gasteiger partial charge in [0.1, 0.15) is 35.9 Å². The molecule has 0 radical (unpaired) electrons. The molecule has 3 aliphatic heterocycles. The van der Waals surface area contributed by atoms with Crippen LogP contribution in [-0.2, 0) is 49.4 Å². The maximum atomic E-state index is 14.6. The number of amides is 1. The molecule has 0 spiro atoms. The molecule has 1 aromatic heterocycles. The number of cyclic esters (lactones) is 1. The SMILES string of the molecule is C=CCC1/C=C(\C)CC(C)CC(OC)C2OC(O)(C(=O)C(=O)N3CCCCC3C(=O)OC(C(C)=CC3CCC(Oc4ccc5c(ccn5CC)c4)C(OC)C3)C(C)CCC1=O)C(C)CC2OC. The summed E-state index contributed by atoms with van der Waals surface area (Å²) in [6, 6.07) is 7.24. The monoisotopic (exact) mass is 931 g/mol. The van der Waals surface area contributed by atoms with Crippen molar-refractivity contribution in [1.82, 2.24) is 9.47 Å². The first kappa shape index (κ1) is 52.2. The minimum atomic E-state index is -2.48. The lowest BCUT2D eigenvalue weighted by atomic mass is 9.82. The highest BCUT2D eigenvalue weighted by Gasteiger charge is 2.56. The number of benzene rings is 1. The molecule has 13 atom stereocenters. The lowest BCUT2D eigenvalue weighted by Gasteiger charge is -2.47. The summed E-state index contributed by atoms with van der Waals surface area (Å²) in [7, 11) is 4.82. The third kappa shape index (κ3) is 12.2. The number of ketones is 2. The number of esters is 1. The van der Waals surface area contributed by atoms with Gasteiger partial charge in [-0.2, -0.15) is 0 Å². The molecular formula is C54H78N2O11. The third-order valence-electron chi connectivity index (χ3n) is 15.1. The number of aliphatic hydroxyl groups is 1. The number of carbonyl (C=O) groups excluding carboxylic acids is 4. The van der Waals surface area contributed by atoms with E-state index in [1.54, 1.807) is 34.3 Å². The lowest BCUT2D eigenvalue weighted by molar-refractivity contribution is -0.302. The molecule has 67 heavy (non-hydrogen) atoms. The summed E-state index contributed by atoms with van der Waals surface area (Å²) in [6.07, 6.45) is 11.4. The lowest BCUT2D eigenvalue weighted by Crippen LogP contribution is -2.64. The molecule has 4 aliphatic rings. The second-order valence-corrected chi connectivity index (χ2v) is 20.1. The van der Waals surface area contributed by atoms with Gasteiger partial charge < -0.3 is 43.0 Å². The summed E-state index contributed by atoms with van der Waals surface area (Å²) in [5.74, 6) is -5.61. The minimum absolute atomic E-state index is 0.0598. The van der Waals surface area contributed by atoms with Gasteiger partial charge in [0, 0.05) is 69.8 Å². The molecule has 1 aromatic carbocycles. The molecule has 370 valence electrons. The Bertz CT molecular complexity index is 2110. The Balaban J connectivity index is 1.28. The van der Waals surface area contributed by atoms with Gasteiger partial charge in [-0.05, 0) is 139 Å². The van der Waals surface area contributed by atoms with E-state index in [2.05, 4.69) is 55.5 Å². The summed E-state index contributed by atoms with van der Waals surface area (Å²) in [6.45, 7) is 16.9. The molecule has 1 saturated carbocycles. The number of aryl methyl sites for hydroxylation is 1. The molecule has 13 nitrogen and oxygen atoms in total. The van der Waals surface area contributed by atoms with Crippen LogP contribution in [0.2, 0.25) is 0 Å². The molecule has 2 bridgehead atoms. The first-order valence-corrected chi connectivity index (χ1v) is 24.8. The number of aromatic nitrogens is 1. The minimum Gasteiger partial charge on any atom is -0.488 e. The van der Waals surface area contributed by atoms with Crippen molar-refractivity contribution in [1.29, 1.82) is 0 Å². The van der Waals surface area contributed by atoms with Crippen molar-refractivity contribution >= 4 is 34.3 Å². The standard InChI is InChI=1S/C54H78N2O11/c1-11-15-40-27-33(3)26-34(4)28-47(63-9)50-48(64-10)30-37(7)54(61,67-50)51(58)52(59)56-24-14-13-16-43(56)53(60)66-49(35(5)17-21-44(40)57)36(6)29-38-18-22-45(46(31-38)62-8)65-41-19-20-42-39(32-41)23-25-55(42)12-2/h11,19-20,23,25,27,29,32,34-35,37-38,40,43,45-50,61H,1,12-18,21-22,24,26,28,30-31H2,2-10H3/b33-27+,36-29?. The zero-order chi connectivity index (χ0) is 48.6. The second-order valence-electron chi connectivity index (χ2n) is 20.1. The van der Waals surface area contributed by atoms with Gasteiger partial charge in [-0.25, -0.2) is 4.79 Å². The van der Waals surface area contributed by atoms with Gasteiger partial charge in [0.15, 0.2) is 0 Å². The van der Waals surface area contributed by atoms with Crippen molar-refractivity contribution in [2.75, 3.05) is 27.9 Å². The Labute approximate surface area is 398 Å². The Hall–Kier alpha value is -4.14. The van der Waals surface area contributed by atoms with Crippen molar-refractivity contribution in [2.24, 2.45) is 29.6 Å². The highest BCUT2D eigenvalue weighted by Crippen LogP contribution is 2.40. The first-order valence-electron chi connectivity index (χ1n) is 24.8. The van der Waals surface area contributed by atoms with E-state index in [9.17, 15) is 24.3 Å². The van der Waals surface area contributed by atoms with Crippen LogP contribution in [0.4, 0.5) is 0 Å². The molecule has 13 heteroatoms. The smallest absolute Gasteiger partial charge is 0.329 e. The molecule has 1 N–H and O–H groups in total. The highest BCUT2D eigenvalue weighted by atomic mass is 16.7. The Morgan fingerprint density at radius 1 is 0.925 bits per heavy atom. The summed E-state index contributed by atoms with van der Waals surface area (Å²) in [5.41, 5.74) is 3.06. The topological polar surface area (TPSA) is 152 Å².